The molecule has 0 aliphatic carbocycles. The Bertz CT molecular complexity index is 859. The fourth-order valence-corrected chi connectivity index (χ4v) is 4.05. The summed E-state index contributed by atoms with van der Waals surface area (Å²) in [6.45, 7) is 1.91. The van der Waals surface area contributed by atoms with E-state index < -0.39 is 0 Å². The maximum atomic E-state index is 9.90. The highest BCUT2D eigenvalue weighted by Gasteiger charge is 2.36. The van der Waals surface area contributed by atoms with Crippen LogP contribution in [-0.2, 0) is 13.1 Å². The zero-order chi connectivity index (χ0) is 16.7. The van der Waals surface area contributed by atoms with E-state index >= 15 is 0 Å². The zero-order valence-electron chi connectivity index (χ0n) is 13.9. The van der Waals surface area contributed by atoms with Gasteiger partial charge >= 0.3 is 0 Å². The van der Waals surface area contributed by atoms with Crippen LogP contribution >= 0.6 is 0 Å². The van der Waals surface area contributed by atoms with Gasteiger partial charge in [-0.15, -0.1) is 0 Å². The molecule has 0 bridgehead atoms. The lowest BCUT2D eigenvalue weighted by Crippen LogP contribution is -2.29. The Morgan fingerprint density at radius 2 is 1.96 bits per heavy atom. The molecular weight excluding hydrogens is 295 g/mol. The van der Waals surface area contributed by atoms with Gasteiger partial charge in [0.15, 0.2) is 0 Å². The Labute approximate surface area is 143 Å². The Hall–Kier alpha value is -2.04. The fourth-order valence-electron chi connectivity index (χ4n) is 4.05. The second-order valence-corrected chi connectivity index (χ2v) is 6.79. The molecule has 1 aromatic heterocycles. The van der Waals surface area contributed by atoms with Crippen LogP contribution in [0.5, 0.6) is 0 Å². The number of fused-ring (bicyclic) bond motifs is 3. The van der Waals surface area contributed by atoms with Crippen molar-refractivity contribution in [2.24, 2.45) is 5.92 Å². The van der Waals surface area contributed by atoms with E-state index in [9.17, 15) is 5.11 Å². The number of nitrogens with zero attached hydrogens (tertiary/aromatic N) is 2. The van der Waals surface area contributed by atoms with Crippen LogP contribution in [0.1, 0.15) is 17.3 Å². The van der Waals surface area contributed by atoms with Gasteiger partial charge in [-0.2, -0.15) is 0 Å². The molecule has 1 aliphatic rings. The van der Waals surface area contributed by atoms with Crippen molar-refractivity contribution < 1.29 is 5.11 Å². The van der Waals surface area contributed by atoms with E-state index in [1.165, 1.54) is 22.2 Å². The smallest absolute Gasteiger partial charge is 0.113 e. The molecule has 120 valence electrons. The Morgan fingerprint density at radius 1 is 1.17 bits per heavy atom. The molecule has 1 N–H and O–H groups in total. The van der Waals surface area contributed by atoms with E-state index in [4.69, 9.17) is 7.85 Å². The molecular formula is C20H21BN2O. The highest BCUT2D eigenvalue weighted by Crippen LogP contribution is 2.39. The number of hydrogen-bond donors (Lipinski definition) is 1. The summed E-state index contributed by atoms with van der Waals surface area (Å²) in [6, 6.07) is 19.0. The molecule has 24 heavy (non-hydrogen) atoms. The number of hydrogen-bond acceptors (Lipinski definition) is 2. The minimum Gasteiger partial charge on any atom is -0.396 e. The van der Waals surface area contributed by atoms with Gasteiger partial charge in [0.1, 0.15) is 7.85 Å². The van der Waals surface area contributed by atoms with Gasteiger partial charge in [0.25, 0.3) is 0 Å². The van der Waals surface area contributed by atoms with Crippen LogP contribution in [0.4, 0.5) is 0 Å². The van der Waals surface area contributed by atoms with Crippen molar-refractivity contribution in [3.63, 3.8) is 0 Å². The monoisotopic (exact) mass is 316 g/mol. The van der Waals surface area contributed by atoms with Gasteiger partial charge < -0.3 is 9.67 Å². The third-order valence-electron chi connectivity index (χ3n) is 5.11. The largest absolute Gasteiger partial charge is 0.396 e. The lowest BCUT2D eigenvalue weighted by molar-refractivity contribution is 0.122. The summed E-state index contributed by atoms with van der Waals surface area (Å²) >= 11 is 0. The number of aliphatic hydroxyl groups excluding tert-OH is 1. The van der Waals surface area contributed by atoms with Crippen LogP contribution < -0.4 is 5.46 Å². The van der Waals surface area contributed by atoms with Gasteiger partial charge in [0.05, 0.1) is 6.04 Å². The first-order chi connectivity index (χ1) is 11.7. The summed E-state index contributed by atoms with van der Waals surface area (Å²) in [6.07, 6.45) is 0. The molecule has 0 saturated heterocycles. The molecule has 2 radical (unpaired) electrons. The predicted molar refractivity (Wildman–Crippen MR) is 98.6 cm³/mol. The van der Waals surface area contributed by atoms with Crippen molar-refractivity contribution in [2.75, 3.05) is 13.7 Å². The summed E-state index contributed by atoms with van der Waals surface area (Å²) < 4.78 is 2.34. The summed E-state index contributed by atoms with van der Waals surface area (Å²) in [4.78, 5) is 2.34. The van der Waals surface area contributed by atoms with Crippen molar-refractivity contribution >= 4 is 24.2 Å². The number of aliphatic hydroxyl groups is 1. The molecule has 1 aliphatic heterocycles. The third-order valence-corrected chi connectivity index (χ3v) is 5.11. The first-order valence-electron chi connectivity index (χ1n) is 8.41. The molecule has 3 aromatic rings. The van der Waals surface area contributed by atoms with Gasteiger partial charge in [-0.1, -0.05) is 47.9 Å². The Morgan fingerprint density at radius 3 is 2.71 bits per heavy atom. The van der Waals surface area contributed by atoms with Gasteiger partial charge in [-0.3, -0.25) is 4.90 Å². The van der Waals surface area contributed by atoms with Crippen molar-refractivity contribution in [1.29, 1.82) is 0 Å². The lowest BCUT2D eigenvalue weighted by atomic mass is 9.94. The predicted octanol–water partition coefficient (Wildman–Crippen LogP) is 2.23. The van der Waals surface area contributed by atoms with E-state index in [1.54, 1.807) is 0 Å². The normalized spacial score (nSPS) is 20.0. The van der Waals surface area contributed by atoms with Gasteiger partial charge in [0, 0.05) is 36.8 Å². The summed E-state index contributed by atoms with van der Waals surface area (Å²) in [5.74, 6) is 0.218. The van der Waals surface area contributed by atoms with E-state index in [0.717, 1.165) is 18.6 Å². The molecule has 0 saturated carbocycles. The van der Waals surface area contributed by atoms with Crippen LogP contribution in [0.25, 0.3) is 10.9 Å². The second-order valence-electron chi connectivity index (χ2n) is 6.79. The van der Waals surface area contributed by atoms with Crippen molar-refractivity contribution in [3.8, 4) is 0 Å². The summed E-state index contributed by atoms with van der Waals surface area (Å²) in [7, 11) is 8.07. The van der Waals surface area contributed by atoms with Gasteiger partial charge in [-0.05, 0) is 30.1 Å². The standard InChI is InChI=1S/C20H21BN2O/c1-22(11-14-5-3-2-4-6-14)20-16(13-24)12-23-18-8-7-17(21)9-15(18)10-19(20)23/h2-10,16,20,24H,11-13H2,1H3/t16-,20+/m0/s1. The third kappa shape index (κ3) is 2.56. The minimum atomic E-state index is 0.196. The number of benzene rings is 2. The summed E-state index contributed by atoms with van der Waals surface area (Å²) in [5.41, 5.74) is 4.55. The molecule has 4 heteroatoms. The Kier molecular flexibility index (Phi) is 3.95. The molecule has 3 nitrogen and oxygen atoms in total. The van der Waals surface area contributed by atoms with E-state index in [-0.39, 0.29) is 18.6 Å². The van der Waals surface area contributed by atoms with Crippen LogP contribution in [0.3, 0.4) is 0 Å². The molecule has 0 spiro atoms. The number of aromatic nitrogens is 1. The first-order valence-corrected chi connectivity index (χ1v) is 8.41. The van der Waals surface area contributed by atoms with Gasteiger partial charge in [-0.25, -0.2) is 0 Å². The van der Waals surface area contributed by atoms with Crippen LogP contribution in [0.2, 0.25) is 0 Å². The van der Waals surface area contributed by atoms with E-state index in [0.29, 0.717) is 0 Å². The second kappa shape index (κ2) is 6.12. The quantitative estimate of drug-likeness (QED) is 0.748. The highest BCUT2D eigenvalue weighted by molar-refractivity contribution is 6.33. The topological polar surface area (TPSA) is 28.4 Å². The number of rotatable bonds is 4. The Balaban J connectivity index is 1.71. The van der Waals surface area contributed by atoms with E-state index in [2.05, 4.69) is 52.9 Å². The van der Waals surface area contributed by atoms with Crippen molar-refractivity contribution in [1.82, 2.24) is 9.47 Å². The minimum absolute atomic E-state index is 0.196. The SMILES string of the molecule is [B]c1ccc2c(c1)cc1n2C[C@@H](CO)[C@H]1N(C)Cc1ccccc1. The van der Waals surface area contributed by atoms with Crippen molar-refractivity contribution in [2.45, 2.75) is 19.1 Å². The lowest BCUT2D eigenvalue weighted by Gasteiger charge is -2.28. The van der Waals surface area contributed by atoms with Crippen LogP contribution in [-0.4, -0.2) is 36.1 Å². The fraction of sp³-hybridized carbons (Fsp3) is 0.300. The summed E-state index contributed by atoms with van der Waals surface area (Å²) in [5, 5.41) is 11.1. The van der Waals surface area contributed by atoms with E-state index in [1.807, 2.05) is 18.2 Å². The average Bonchev–Trinajstić information content (AvgIpc) is 3.10. The maximum Gasteiger partial charge on any atom is 0.113 e. The van der Waals surface area contributed by atoms with Gasteiger partial charge in [0.2, 0.25) is 0 Å². The molecule has 0 unspecified atom stereocenters. The zero-order valence-corrected chi connectivity index (χ0v) is 13.9. The van der Waals surface area contributed by atoms with Crippen LogP contribution in [0, 0.1) is 5.92 Å². The maximum absolute atomic E-state index is 9.90. The molecule has 2 atom stereocenters. The molecule has 0 amide bonds. The molecule has 0 fully saturated rings. The highest BCUT2D eigenvalue weighted by atomic mass is 16.3. The molecule has 2 aromatic carbocycles. The van der Waals surface area contributed by atoms with Crippen molar-refractivity contribution in [3.05, 3.63) is 65.9 Å². The molecule has 4 rings (SSSR count). The van der Waals surface area contributed by atoms with Crippen LogP contribution in [0.15, 0.2) is 54.6 Å². The molecule has 2 heterocycles. The first kappa shape index (κ1) is 15.5. The average molecular weight is 316 g/mol.